The summed E-state index contributed by atoms with van der Waals surface area (Å²) in [6.07, 6.45) is 3.44. The Bertz CT molecular complexity index is 421. The van der Waals surface area contributed by atoms with E-state index in [0.29, 0.717) is 5.41 Å². The average Bonchev–Trinajstić information content (AvgIpc) is 3.05. The lowest BCUT2D eigenvalue weighted by atomic mass is 10.0. The van der Waals surface area contributed by atoms with Gasteiger partial charge < -0.3 is 10.1 Å². The fraction of sp³-hybridized carbons (Fsp3) is 0.615. The van der Waals surface area contributed by atoms with Crippen LogP contribution in [-0.4, -0.2) is 26.2 Å². The quantitative estimate of drug-likeness (QED) is 0.867. The second kappa shape index (κ2) is 5.72. The minimum atomic E-state index is 0.0393. The summed E-state index contributed by atoms with van der Waals surface area (Å²) in [4.78, 5) is 12.8. The number of carbonyl (C=O) groups excluding carboxylic acids is 1. The molecular formula is C13H18BrNO2S. The van der Waals surface area contributed by atoms with Crippen molar-refractivity contribution >= 4 is 33.2 Å². The van der Waals surface area contributed by atoms with Crippen LogP contribution < -0.4 is 5.32 Å². The van der Waals surface area contributed by atoms with Crippen molar-refractivity contribution in [3.63, 3.8) is 0 Å². The number of nitrogens with one attached hydrogen (secondary N) is 1. The van der Waals surface area contributed by atoms with Gasteiger partial charge in [-0.1, -0.05) is 0 Å². The zero-order chi connectivity index (χ0) is 13.2. The third-order valence-corrected chi connectivity index (χ3v) is 5.63. The van der Waals surface area contributed by atoms with Crippen LogP contribution >= 0.6 is 27.3 Å². The number of amides is 1. The monoisotopic (exact) mass is 331 g/mol. The van der Waals surface area contributed by atoms with E-state index in [4.69, 9.17) is 4.74 Å². The smallest absolute Gasteiger partial charge is 0.261 e. The first kappa shape index (κ1) is 14.0. The van der Waals surface area contributed by atoms with E-state index >= 15 is 0 Å². The van der Waals surface area contributed by atoms with E-state index in [9.17, 15) is 4.79 Å². The summed E-state index contributed by atoms with van der Waals surface area (Å²) in [5.74, 6) is 0.0393. The summed E-state index contributed by atoms with van der Waals surface area (Å²) in [5.41, 5.74) is 1.42. The van der Waals surface area contributed by atoms with E-state index in [-0.39, 0.29) is 5.91 Å². The van der Waals surface area contributed by atoms with Crippen LogP contribution in [0.15, 0.2) is 9.85 Å². The Morgan fingerprint density at radius 1 is 1.61 bits per heavy atom. The molecule has 1 amide bonds. The zero-order valence-corrected chi connectivity index (χ0v) is 13.1. The Balaban J connectivity index is 1.85. The summed E-state index contributed by atoms with van der Waals surface area (Å²) in [7, 11) is 1.72. The predicted molar refractivity (Wildman–Crippen MR) is 77.2 cm³/mol. The molecule has 0 saturated heterocycles. The number of hydrogen-bond donors (Lipinski definition) is 1. The molecule has 18 heavy (non-hydrogen) atoms. The van der Waals surface area contributed by atoms with Crippen LogP contribution in [-0.2, 0) is 4.74 Å². The first-order chi connectivity index (χ1) is 8.56. The predicted octanol–water partition coefficient (Wildman–Crippen LogP) is 3.37. The largest absolute Gasteiger partial charge is 0.385 e. The van der Waals surface area contributed by atoms with Crippen molar-refractivity contribution in [2.24, 2.45) is 5.41 Å². The van der Waals surface area contributed by atoms with Gasteiger partial charge in [-0.25, -0.2) is 0 Å². The molecule has 0 radical (unpaired) electrons. The first-order valence-electron chi connectivity index (χ1n) is 6.09. The van der Waals surface area contributed by atoms with Crippen LogP contribution in [0.2, 0.25) is 0 Å². The van der Waals surface area contributed by atoms with E-state index in [2.05, 4.69) is 21.2 Å². The van der Waals surface area contributed by atoms with Gasteiger partial charge in [0, 0.05) is 20.3 Å². The molecule has 1 heterocycles. The number of hydrogen-bond acceptors (Lipinski definition) is 3. The van der Waals surface area contributed by atoms with E-state index in [1.807, 2.05) is 13.0 Å². The van der Waals surface area contributed by atoms with Crippen molar-refractivity contribution in [1.29, 1.82) is 0 Å². The van der Waals surface area contributed by atoms with Crippen LogP contribution in [0.5, 0.6) is 0 Å². The fourth-order valence-corrected chi connectivity index (χ4v) is 3.39. The number of aryl methyl sites for hydroxylation is 1. The van der Waals surface area contributed by atoms with Crippen molar-refractivity contribution in [2.75, 3.05) is 20.3 Å². The Morgan fingerprint density at radius 2 is 2.33 bits per heavy atom. The highest BCUT2D eigenvalue weighted by Crippen LogP contribution is 2.48. The molecule has 3 nitrogen and oxygen atoms in total. The molecule has 1 fully saturated rings. The summed E-state index contributed by atoms with van der Waals surface area (Å²) in [6, 6.07) is 1.93. The van der Waals surface area contributed by atoms with E-state index in [1.165, 1.54) is 24.2 Å². The lowest BCUT2D eigenvalue weighted by molar-refractivity contribution is 0.0942. The number of methoxy groups -OCH3 is 1. The molecule has 1 saturated carbocycles. The second-order valence-corrected chi connectivity index (χ2v) is 7.36. The molecule has 0 bridgehead atoms. The molecule has 1 aromatic rings. The summed E-state index contributed by atoms with van der Waals surface area (Å²) in [5, 5.41) is 3.05. The molecule has 1 aromatic heterocycles. The molecule has 5 heteroatoms. The van der Waals surface area contributed by atoms with Gasteiger partial charge in [-0.3, -0.25) is 4.79 Å². The Kier molecular flexibility index (Phi) is 4.45. The normalized spacial score (nSPS) is 16.6. The fourth-order valence-electron chi connectivity index (χ4n) is 1.94. The van der Waals surface area contributed by atoms with Gasteiger partial charge in [-0.2, -0.15) is 0 Å². The standard InChI is InChI=1S/C13H18BrNO2S/c1-9-7-10(18-11(9)14)12(16)15-8-13(3-4-13)5-6-17-2/h7H,3-6,8H2,1-2H3,(H,15,16). The molecular weight excluding hydrogens is 314 g/mol. The van der Waals surface area contributed by atoms with Gasteiger partial charge in [0.15, 0.2) is 0 Å². The highest BCUT2D eigenvalue weighted by Gasteiger charge is 2.42. The van der Waals surface area contributed by atoms with Crippen molar-refractivity contribution in [2.45, 2.75) is 26.2 Å². The zero-order valence-electron chi connectivity index (χ0n) is 10.7. The van der Waals surface area contributed by atoms with Crippen LogP contribution in [0.4, 0.5) is 0 Å². The molecule has 1 aliphatic carbocycles. The lowest BCUT2D eigenvalue weighted by Gasteiger charge is -2.14. The van der Waals surface area contributed by atoms with Gasteiger partial charge in [0.05, 0.1) is 8.66 Å². The Hall–Kier alpha value is -0.390. The van der Waals surface area contributed by atoms with Crippen molar-refractivity contribution in [3.05, 3.63) is 20.3 Å². The second-order valence-electron chi connectivity index (χ2n) is 4.99. The van der Waals surface area contributed by atoms with Crippen LogP contribution in [0, 0.1) is 12.3 Å². The SMILES string of the molecule is COCCC1(CNC(=O)c2cc(C)c(Br)s2)CC1. The average molecular weight is 332 g/mol. The molecule has 0 aliphatic heterocycles. The van der Waals surface area contributed by atoms with Gasteiger partial charge in [0.2, 0.25) is 0 Å². The van der Waals surface area contributed by atoms with Crippen LogP contribution in [0.3, 0.4) is 0 Å². The number of halogens is 1. The lowest BCUT2D eigenvalue weighted by Crippen LogP contribution is -2.30. The summed E-state index contributed by atoms with van der Waals surface area (Å²) < 4.78 is 6.15. The molecule has 0 aromatic carbocycles. The topological polar surface area (TPSA) is 38.3 Å². The third kappa shape index (κ3) is 3.33. The highest BCUT2D eigenvalue weighted by atomic mass is 79.9. The van der Waals surface area contributed by atoms with Gasteiger partial charge in [-0.15, -0.1) is 11.3 Å². The summed E-state index contributed by atoms with van der Waals surface area (Å²) in [6.45, 7) is 3.54. The van der Waals surface area contributed by atoms with E-state index in [0.717, 1.165) is 33.8 Å². The van der Waals surface area contributed by atoms with Crippen molar-refractivity contribution in [3.8, 4) is 0 Å². The molecule has 2 rings (SSSR count). The maximum Gasteiger partial charge on any atom is 0.261 e. The van der Waals surface area contributed by atoms with Gasteiger partial charge >= 0.3 is 0 Å². The molecule has 0 atom stereocenters. The summed E-state index contributed by atoms with van der Waals surface area (Å²) >= 11 is 4.93. The first-order valence-corrected chi connectivity index (χ1v) is 7.70. The van der Waals surface area contributed by atoms with Crippen LogP contribution in [0.25, 0.3) is 0 Å². The number of thiophene rings is 1. The van der Waals surface area contributed by atoms with Crippen molar-refractivity contribution < 1.29 is 9.53 Å². The highest BCUT2D eigenvalue weighted by molar-refractivity contribution is 9.11. The molecule has 100 valence electrons. The van der Waals surface area contributed by atoms with E-state index < -0.39 is 0 Å². The number of rotatable bonds is 6. The Labute approximate surface area is 120 Å². The number of carbonyl (C=O) groups is 1. The minimum Gasteiger partial charge on any atom is -0.385 e. The van der Waals surface area contributed by atoms with Gasteiger partial charge in [0.1, 0.15) is 0 Å². The Morgan fingerprint density at radius 3 is 2.83 bits per heavy atom. The maximum absolute atomic E-state index is 12.0. The van der Waals surface area contributed by atoms with E-state index in [1.54, 1.807) is 7.11 Å². The maximum atomic E-state index is 12.0. The number of ether oxygens (including phenoxy) is 1. The molecule has 1 aliphatic rings. The molecule has 1 N–H and O–H groups in total. The minimum absolute atomic E-state index is 0.0393. The van der Waals surface area contributed by atoms with Crippen LogP contribution in [0.1, 0.15) is 34.5 Å². The van der Waals surface area contributed by atoms with Gasteiger partial charge in [-0.05, 0) is 59.2 Å². The molecule has 0 spiro atoms. The van der Waals surface area contributed by atoms with Crippen molar-refractivity contribution in [1.82, 2.24) is 5.32 Å². The van der Waals surface area contributed by atoms with Gasteiger partial charge in [0.25, 0.3) is 5.91 Å². The molecule has 0 unspecified atom stereocenters. The third-order valence-electron chi connectivity index (χ3n) is 3.50.